The van der Waals surface area contributed by atoms with E-state index < -0.39 is 29.9 Å². The van der Waals surface area contributed by atoms with E-state index in [0.717, 1.165) is 18.2 Å². The van der Waals surface area contributed by atoms with Gasteiger partial charge in [0.05, 0.1) is 0 Å². The standard InChI is InChI=1S/C22H15ClF2N2O2/c1-3-14(8-13(2)23)4-5-15-9-16(12-26-11-15)20-21(29-22(28)27-20)18-10-17(24)6-7-19(18)25/h3,6-12,20-21H,1-2H2,(H,27,28). The van der Waals surface area contributed by atoms with Gasteiger partial charge in [-0.25, -0.2) is 13.6 Å². The van der Waals surface area contributed by atoms with Gasteiger partial charge in [-0.05, 0) is 35.9 Å². The smallest absolute Gasteiger partial charge is 0.408 e. The number of pyridine rings is 1. The largest absolute Gasteiger partial charge is 0.439 e. The monoisotopic (exact) mass is 412 g/mol. The third kappa shape index (κ3) is 4.89. The van der Waals surface area contributed by atoms with Gasteiger partial charge in [-0.3, -0.25) is 4.98 Å². The number of alkyl carbamates (subject to hydrolysis) is 1. The molecule has 146 valence electrons. The molecule has 1 aromatic carbocycles. The second kappa shape index (κ2) is 8.72. The molecule has 2 aromatic rings. The molecule has 0 spiro atoms. The first-order valence-electron chi connectivity index (χ1n) is 8.45. The maximum absolute atomic E-state index is 14.2. The first-order chi connectivity index (χ1) is 13.9. The lowest BCUT2D eigenvalue weighted by molar-refractivity contribution is 0.130. The van der Waals surface area contributed by atoms with Crippen LogP contribution in [0.2, 0.25) is 0 Å². The van der Waals surface area contributed by atoms with Crippen LogP contribution in [0.25, 0.3) is 0 Å². The van der Waals surface area contributed by atoms with Crippen molar-refractivity contribution in [2.24, 2.45) is 0 Å². The number of ether oxygens (including phenoxy) is 1. The molecule has 2 unspecified atom stereocenters. The van der Waals surface area contributed by atoms with Crippen molar-refractivity contribution in [3.63, 3.8) is 0 Å². The zero-order chi connectivity index (χ0) is 21.0. The molecule has 2 heterocycles. The zero-order valence-corrected chi connectivity index (χ0v) is 15.8. The van der Waals surface area contributed by atoms with Gasteiger partial charge < -0.3 is 10.1 Å². The van der Waals surface area contributed by atoms with Crippen molar-refractivity contribution in [2.45, 2.75) is 12.1 Å². The maximum atomic E-state index is 14.2. The van der Waals surface area contributed by atoms with Crippen LogP contribution >= 0.6 is 11.6 Å². The van der Waals surface area contributed by atoms with Crippen molar-refractivity contribution in [3.8, 4) is 11.8 Å². The Morgan fingerprint density at radius 1 is 1.31 bits per heavy atom. The van der Waals surface area contributed by atoms with Gasteiger partial charge in [-0.1, -0.05) is 42.7 Å². The third-order valence-electron chi connectivity index (χ3n) is 4.08. The van der Waals surface area contributed by atoms with Crippen LogP contribution in [0.15, 0.2) is 72.6 Å². The van der Waals surface area contributed by atoms with Crippen molar-refractivity contribution in [3.05, 3.63) is 101 Å². The van der Waals surface area contributed by atoms with Gasteiger partial charge in [-0.2, -0.15) is 0 Å². The lowest BCUT2D eigenvalue weighted by atomic mass is 9.96. The first kappa shape index (κ1) is 20.3. The number of halogens is 3. The average molecular weight is 413 g/mol. The molecule has 4 nitrogen and oxygen atoms in total. The molecule has 1 N–H and O–H groups in total. The predicted molar refractivity (Wildman–Crippen MR) is 106 cm³/mol. The van der Waals surface area contributed by atoms with Gasteiger partial charge in [0.15, 0.2) is 6.10 Å². The predicted octanol–water partition coefficient (Wildman–Crippen LogP) is 5.10. The number of hydrogen-bond donors (Lipinski definition) is 1. The Labute approximate surface area is 171 Å². The molecule has 1 aromatic heterocycles. The van der Waals surface area contributed by atoms with Crippen LogP contribution < -0.4 is 5.32 Å². The quantitative estimate of drug-likeness (QED) is 0.561. The number of cyclic esters (lactones) is 1. The van der Waals surface area contributed by atoms with Gasteiger partial charge in [0.1, 0.15) is 17.7 Å². The number of carbonyl (C=O) groups is 1. The number of nitrogens with zero attached hydrogens (tertiary/aromatic N) is 1. The van der Waals surface area contributed by atoms with E-state index in [1.54, 1.807) is 12.1 Å². The molecule has 7 heteroatoms. The fourth-order valence-electron chi connectivity index (χ4n) is 2.81. The molecule has 0 bridgehead atoms. The molecule has 29 heavy (non-hydrogen) atoms. The lowest BCUT2D eigenvalue weighted by Crippen LogP contribution is -2.20. The SMILES string of the molecule is C=CC(C#Cc1cncc(C2NC(=O)OC2c2cc(F)ccc2F)c1)=CC(=C)Cl. The highest BCUT2D eigenvalue weighted by atomic mass is 35.5. The number of benzene rings is 1. The van der Waals surface area contributed by atoms with E-state index in [4.69, 9.17) is 16.3 Å². The van der Waals surface area contributed by atoms with Gasteiger partial charge in [0.2, 0.25) is 0 Å². The first-order valence-corrected chi connectivity index (χ1v) is 8.83. The molecule has 0 radical (unpaired) electrons. The van der Waals surface area contributed by atoms with E-state index in [1.165, 1.54) is 18.5 Å². The van der Waals surface area contributed by atoms with Crippen LogP contribution in [-0.2, 0) is 4.74 Å². The van der Waals surface area contributed by atoms with Gasteiger partial charge >= 0.3 is 6.09 Å². The summed E-state index contributed by atoms with van der Waals surface area (Å²) in [6.07, 6.45) is 4.34. The second-order valence-corrected chi connectivity index (χ2v) is 6.61. The molecule has 1 aliphatic rings. The molecule has 3 rings (SSSR count). The van der Waals surface area contributed by atoms with Crippen LogP contribution in [0.1, 0.15) is 28.8 Å². The molecule has 0 saturated carbocycles. The van der Waals surface area contributed by atoms with Gasteiger partial charge in [-0.15, -0.1) is 0 Å². The number of amides is 1. The fourth-order valence-corrected chi connectivity index (χ4v) is 2.93. The maximum Gasteiger partial charge on any atom is 0.408 e. The van der Waals surface area contributed by atoms with Crippen molar-refractivity contribution in [1.29, 1.82) is 0 Å². The molecule has 1 saturated heterocycles. The summed E-state index contributed by atoms with van der Waals surface area (Å²) in [7, 11) is 0. The summed E-state index contributed by atoms with van der Waals surface area (Å²) in [5, 5.41) is 2.91. The summed E-state index contributed by atoms with van der Waals surface area (Å²) >= 11 is 5.75. The normalized spacial score (nSPS) is 18.3. The highest BCUT2D eigenvalue weighted by Crippen LogP contribution is 2.37. The van der Waals surface area contributed by atoms with E-state index in [-0.39, 0.29) is 5.56 Å². The molecule has 1 fully saturated rings. The highest BCUT2D eigenvalue weighted by Gasteiger charge is 2.38. The number of aromatic nitrogens is 1. The van der Waals surface area contributed by atoms with E-state index in [2.05, 4.69) is 35.3 Å². The van der Waals surface area contributed by atoms with E-state index in [1.807, 2.05) is 0 Å². The number of hydrogen-bond acceptors (Lipinski definition) is 3. The minimum absolute atomic E-state index is 0.0673. The topological polar surface area (TPSA) is 51.2 Å². The Bertz CT molecular complexity index is 1090. The highest BCUT2D eigenvalue weighted by molar-refractivity contribution is 6.30. The summed E-state index contributed by atoms with van der Waals surface area (Å²) in [4.78, 5) is 15.9. The van der Waals surface area contributed by atoms with Crippen LogP contribution in [0.3, 0.4) is 0 Å². The Hall–Kier alpha value is -3.43. The minimum atomic E-state index is -1.05. The summed E-state index contributed by atoms with van der Waals surface area (Å²) in [6.45, 7) is 7.23. The minimum Gasteiger partial charge on any atom is -0.439 e. The summed E-state index contributed by atoms with van der Waals surface area (Å²) < 4.78 is 33.0. The summed E-state index contributed by atoms with van der Waals surface area (Å²) in [5.41, 5.74) is 1.56. The Kier molecular flexibility index (Phi) is 6.10. The molecule has 0 aliphatic carbocycles. The summed E-state index contributed by atoms with van der Waals surface area (Å²) in [5.74, 6) is 4.48. The number of carbonyl (C=O) groups excluding carboxylic acids is 1. The molecule has 2 atom stereocenters. The van der Waals surface area contributed by atoms with Gasteiger partial charge in [0, 0.05) is 34.1 Å². The second-order valence-electron chi connectivity index (χ2n) is 6.12. The summed E-state index contributed by atoms with van der Waals surface area (Å²) in [6, 6.07) is 3.91. The van der Waals surface area contributed by atoms with Crippen LogP contribution in [-0.4, -0.2) is 11.1 Å². The van der Waals surface area contributed by atoms with Crippen molar-refractivity contribution >= 4 is 17.7 Å². The van der Waals surface area contributed by atoms with Crippen molar-refractivity contribution in [2.75, 3.05) is 0 Å². The Morgan fingerprint density at radius 3 is 2.83 bits per heavy atom. The Morgan fingerprint density at radius 2 is 2.10 bits per heavy atom. The molecule has 1 aliphatic heterocycles. The van der Waals surface area contributed by atoms with E-state index in [0.29, 0.717) is 21.7 Å². The zero-order valence-electron chi connectivity index (χ0n) is 15.1. The number of nitrogens with one attached hydrogen (secondary N) is 1. The lowest BCUT2D eigenvalue weighted by Gasteiger charge is -2.18. The average Bonchev–Trinajstić information content (AvgIpc) is 3.08. The molecular formula is C22H15ClF2N2O2. The van der Waals surface area contributed by atoms with Crippen LogP contribution in [0.5, 0.6) is 0 Å². The Balaban J connectivity index is 1.95. The third-order valence-corrected chi connectivity index (χ3v) is 4.19. The number of rotatable bonds is 4. The van der Waals surface area contributed by atoms with Crippen molar-refractivity contribution < 1.29 is 18.3 Å². The van der Waals surface area contributed by atoms with E-state index >= 15 is 0 Å². The van der Waals surface area contributed by atoms with Crippen LogP contribution in [0, 0.1) is 23.5 Å². The molecular weight excluding hydrogens is 398 g/mol. The molecule has 1 amide bonds. The van der Waals surface area contributed by atoms with Crippen molar-refractivity contribution in [1.82, 2.24) is 10.3 Å². The number of allylic oxidation sites excluding steroid dienone is 4. The van der Waals surface area contributed by atoms with E-state index in [9.17, 15) is 13.6 Å². The van der Waals surface area contributed by atoms with Gasteiger partial charge in [0.25, 0.3) is 0 Å². The van der Waals surface area contributed by atoms with Crippen LogP contribution in [0.4, 0.5) is 13.6 Å². The fraction of sp³-hybridized carbons (Fsp3) is 0.0909.